The molecule has 1 rings (SSSR count). The number of anilines is 1. The van der Waals surface area contributed by atoms with Crippen LogP contribution in [0.25, 0.3) is 0 Å². The van der Waals surface area contributed by atoms with E-state index in [1.165, 1.54) is 0 Å². The van der Waals surface area contributed by atoms with Crippen LogP contribution in [0, 0.1) is 6.92 Å². The Bertz CT molecular complexity index is 261. The third-order valence-electron chi connectivity index (χ3n) is 1.34. The molecular formula is C9H16ClN3. The second-order valence-corrected chi connectivity index (χ2v) is 2.86. The Labute approximate surface area is 84.8 Å². The van der Waals surface area contributed by atoms with Gasteiger partial charge in [0.25, 0.3) is 0 Å². The quantitative estimate of drug-likeness (QED) is 0.699. The lowest BCUT2D eigenvalue weighted by atomic mass is 10.5. The molecule has 1 aromatic heterocycles. The molecule has 0 fully saturated rings. The van der Waals surface area contributed by atoms with Gasteiger partial charge in [0.2, 0.25) is 0 Å². The number of hydrogen-bond donors (Lipinski definition) is 0. The summed E-state index contributed by atoms with van der Waals surface area (Å²) in [5.74, 6) is 0.778. The number of hydrogen-bond acceptors (Lipinski definition) is 3. The van der Waals surface area contributed by atoms with E-state index in [0.29, 0.717) is 5.15 Å². The van der Waals surface area contributed by atoms with E-state index in [1.807, 2.05) is 39.8 Å². The van der Waals surface area contributed by atoms with Gasteiger partial charge in [-0.2, -0.15) is 0 Å². The van der Waals surface area contributed by atoms with E-state index in [1.54, 1.807) is 6.20 Å². The first-order chi connectivity index (χ1) is 6.11. The Kier molecular flexibility index (Phi) is 5.39. The minimum absolute atomic E-state index is 0.469. The van der Waals surface area contributed by atoms with Crippen LogP contribution < -0.4 is 4.90 Å². The largest absolute Gasteiger partial charge is 0.361 e. The fourth-order valence-corrected chi connectivity index (χ4v) is 0.769. The summed E-state index contributed by atoms with van der Waals surface area (Å²) in [7, 11) is 3.80. The summed E-state index contributed by atoms with van der Waals surface area (Å²) in [5.41, 5.74) is 0.761. The topological polar surface area (TPSA) is 29.0 Å². The molecule has 0 spiro atoms. The zero-order valence-corrected chi connectivity index (χ0v) is 9.55. The Balaban J connectivity index is 0.000000671. The molecule has 0 N–H and O–H groups in total. The first kappa shape index (κ1) is 12.2. The molecule has 0 saturated carbocycles. The molecule has 0 aliphatic rings. The second kappa shape index (κ2) is 5.75. The molecule has 0 saturated heterocycles. The summed E-state index contributed by atoms with van der Waals surface area (Å²) < 4.78 is 0. The molecule has 1 aromatic rings. The highest BCUT2D eigenvalue weighted by Gasteiger charge is 2.01. The molecule has 0 aliphatic carbocycles. The van der Waals surface area contributed by atoms with Crippen molar-refractivity contribution in [2.75, 3.05) is 19.0 Å². The zero-order chi connectivity index (χ0) is 10.4. The average Bonchev–Trinajstić information content (AvgIpc) is 2.13. The van der Waals surface area contributed by atoms with Gasteiger partial charge in [0.05, 0.1) is 11.9 Å². The molecule has 0 atom stereocenters. The monoisotopic (exact) mass is 201 g/mol. The van der Waals surface area contributed by atoms with Gasteiger partial charge in [-0.25, -0.2) is 4.98 Å². The van der Waals surface area contributed by atoms with Crippen LogP contribution in [0.1, 0.15) is 19.5 Å². The van der Waals surface area contributed by atoms with Gasteiger partial charge in [0, 0.05) is 14.1 Å². The summed E-state index contributed by atoms with van der Waals surface area (Å²) in [6, 6.07) is 0. The molecule has 0 aliphatic heterocycles. The molecule has 0 radical (unpaired) electrons. The van der Waals surface area contributed by atoms with E-state index in [2.05, 4.69) is 9.97 Å². The van der Waals surface area contributed by atoms with Crippen LogP contribution >= 0.6 is 11.6 Å². The number of rotatable bonds is 1. The van der Waals surface area contributed by atoms with Gasteiger partial charge in [-0.3, -0.25) is 4.98 Å². The normalized spacial score (nSPS) is 8.77. The van der Waals surface area contributed by atoms with Crippen molar-refractivity contribution in [3.63, 3.8) is 0 Å². The molecule has 74 valence electrons. The number of halogens is 1. The second-order valence-electron chi connectivity index (χ2n) is 2.50. The van der Waals surface area contributed by atoms with Crippen LogP contribution in [-0.4, -0.2) is 24.1 Å². The van der Waals surface area contributed by atoms with Gasteiger partial charge in [-0.05, 0) is 6.92 Å². The Morgan fingerprint density at radius 1 is 1.31 bits per heavy atom. The lowest BCUT2D eigenvalue weighted by Crippen LogP contribution is -2.11. The van der Waals surface area contributed by atoms with Crippen molar-refractivity contribution in [1.29, 1.82) is 0 Å². The summed E-state index contributed by atoms with van der Waals surface area (Å²) in [6.07, 6.45) is 1.70. The maximum Gasteiger partial charge on any atom is 0.152 e. The summed E-state index contributed by atoms with van der Waals surface area (Å²) in [4.78, 5) is 10.0. The highest BCUT2D eigenvalue weighted by atomic mass is 35.5. The highest BCUT2D eigenvalue weighted by molar-refractivity contribution is 6.30. The lowest BCUT2D eigenvalue weighted by Gasteiger charge is -2.10. The number of nitrogens with zero attached hydrogens (tertiary/aromatic N) is 3. The maximum atomic E-state index is 5.76. The van der Waals surface area contributed by atoms with E-state index >= 15 is 0 Å². The molecule has 0 aromatic carbocycles. The summed E-state index contributed by atoms with van der Waals surface area (Å²) in [6.45, 7) is 5.83. The Morgan fingerprint density at radius 2 is 1.85 bits per heavy atom. The van der Waals surface area contributed by atoms with Crippen molar-refractivity contribution in [3.05, 3.63) is 17.0 Å². The fourth-order valence-electron chi connectivity index (χ4n) is 0.634. The SMILES string of the molecule is CC.Cc1ncc(N(C)C)nc1Cl. The van der Waals surface area contributed by atoms with Gasteiger partial charge in [0.15, 0.2) is 5.15 Å². The molecule has 0 bridgehead atoms. The first-order valence-corrected chi connectivity index (χ1v) is 4.65. The van der Waals surface area contributed by atoms with Gasteiger partial charge in [-0.15, -0.1) is 0 Å². The van der Waals surface area contributed by atoms with Crippen molar-refractivity contribution in [2.45, 2.75) is 20.8 Å². The maximum absolute atomic E-state index is 5.76. The smallest absolute Gasteiger partial charge is 0.152 e. The standard InChI is InChI=1S/C7H10ClN3.C2H6/c1-5-7(8)10-6(4-9-5)11(2)3;1-2/h4H,1-3H3;1-2H3. The third kappa shape index (κ3) is 3.59. The van der Waals surface area contributed by atoms with Crippen LogP contribution in [0.5, 0.6) is 0 Å². The van der Waals surface area contributed by atoms with Gasteiger partial charge in [0.1, 0.15) is 5.82 Å². The van der Waals surface area contributed by atoms with Gasteiger partial charge >= 0.3 is 0 Å². The van der Waals surface area contributed by atoms with E-state index in [9.17, 15) is 0 Å². The Hall–Kier alpha value is -0.830. The minimum Gasteiger partial charge on any atom is -0.361 e. The van der Waals surface area contributed by atoms with E-state index < -0.39 is 0 Å². The molecular weight excluding hydrogens is 186 g/mol. The van der Waals surface area contributed by atoms with Crippen molar-refractivity contribution >= 4 is 17.4 Å². The van der Waals surface area contributed by atoms with E-state index in [-0.39, 0.29) is 0 Å². The van der Waals surface area contributed by atoms with Crippen LogP contribution in [0.3, 0.4) is 0 Å². The van der Waals surface area contributed by atoms with Crippen LogP contribution in [0.15, 0.2) is 6.20 Å². The molecule has 0 unspecified atom stereocenters. The van der Waals surface area contributed by atoms with E-state index in [0.717, 1.165) is 11.5 Å². The molecule has 13 heavy (non-hydrogen) atoms. The highest BCUT2D eigenvalue weighted by Crippen LogP contribution is 2.13. The van der Waals surface area contributed by atoms with Crippen LogP contribution in [0.4, 0.5) is 5.82 Å². The van der Waals surface area contributed by atoms with Crippen molar-refractivity contribution < 1.29 is 0 Å². The number of aryl methyl sites for hydroxylation is 1. The van der Waals surface area contributed by atoms with Crippen molar-refractivity contribution in [1.82, 2.24) is 9.97 Å². The first-order valence-electron chi connectivity index (χ1n) is 4.27. The van der Waals surface area contributed by atoms with Crippen molar-refractivity contribution in [2.24, 2.45) is 0 Å². The van der Waals surface area contributed by atoms with Crippen LogP contribution in [-0.2, 0) is 0 Å². The Morgan fingerprint density at radius 3 is 2.23 bits per heavy atom. The molecule has 3 nitrogen and oxygen atoms in total. The van der Waals surface area contributed by atoms with Gasteiger partial charge in [-0.1, -0.05) is 25.4 Å². The predicted octanol–water partition coefficient (Wildman–Crippen LogP) is 2.53. The minimum atomic E-state index is 0.469. The molecule has 1 heterocycles. The zero-order valence-electron chi connectivity index (χ0n) is 8.80. The van der Waals surface area contributed by atoms with E-state index in [4.69, 9.17) is 11.6 Å². The summed E-state index contributed by atoms with van der Waals surface area (Å²) >= 11 is 5.76. The lowest BCUT2D eigenvalue weighted by molar-refractivity contribution is 1.02. The van der Waals surface area contributed by atoms with Crippen molar-refractivity contribution in [3.8, 4) is 0 Å². The predicted molar refractivity (Wildman–Crippen MR) is 57.5 cm³/mol. The fraction of sp³-hybridized carbons (Fsp3) is 0.556. The van der Waals surface area contributed by atoms with Crippen LogP contribution in [0.2, 0.25) is 5.15 Å². The molecule has 0 amide bonds. The average molecular weight is 202 g/mol. The molecule has 4 heteroatoms. The summed E-state index contributed by atoms with van der Waals surface area (Å²) in [5, 5.41) is 0.469. The third-order valence-corrected chi connectivity index (χ3v) is 1.70. The number of aromatic nitrogens is 2. The van der Waals surface area contributed by atoms with Gasteiger partial charge < -0.3 is 4.90 Å².